The standard InChI is InChI=1S/C17H28N2O3/c1-13-7-16(2,3)11-17(8-13,12-20)19-10-15(21)18-9-14-5-4-6-22-14/h4-6,13,19-20H,7-12H2,1-3H3,(H,18,21). The lowest BCUT2D eigenvalue weighted by Gasteiger charge is -2.47. The van der Waals surface area contributed by atoms with Crippen LogP contribution in [0, 0.1) is 11.3 Å². The van der Waals surface area contributed by atoms with Crippen molar-refractivity contribution in [2.45, 2.75) is 52.1 Å². The number of aliphatic hydroxyl groups is 1. The van der Waals surface area contributed by atoms with Crippen LogP contribution < -0.4 is 10.6 Å². The first-order chi connectivity index (χ1) is 10.3. The normalized spacial score (nSPS) is 27.5. The van der Waals surface area contributed by atoms with Gasteiger partial charge in [-0.1, -0.05) is 20.8 Å². The number of aliphatic hydroxyl groups excluding tert-OH is 1. The molecule has 0 spiro atoms. The number of furan rings is 1. The fraction of sp³-hybridized carbons (Fsp3) is 0.706. The first kappa shape index (κ1) is 17.0. The Morgan fingerprint density at radius 3 is 2.82 bits per heavy atom. The minimum Gasteiger partial charge on any atom is -0.467 e. The summed E-state index contributed by atoms with van der Waals surface area (Å²) in [5.41, 5.74) is -0.179. The molecule has 3 N–H and O–H groups in total. The molecule has 0 saturated heterocycles. The van der Waals surface area contributed by atoms with Crippen LogP contribution in [0.3, 0.4) is 0 Å². The first-order valence-electron chi connectivity index (χ1n) is 7.99. The van der Waals surface area contributed by atoms with Gasteiger partial charge in [-0.25, -0.2) is 0 Å². The maximum absolute atomic E-state index is 12.0. The third kappa shape index (κ3) is 4.58. The van der Waals surface area contributed by atoms with Gasteiger partial charge in [0.05, 0.1) is 26.0 Å². The number of hydrogen-bond acceptors (Lipinski definition) is 4. The Kier molecular flexibility index (Phi) is 5.29. The number of rotatable bonds is 6. The number of carbonyl (C=O) groups excluding carboxylic acids is 1. The molecule has 2 rings (SSSR count). The SMILES string of the molecule is CC1CC(C)(C)CC(CO)(NCC(=O)NCc2ccco2)C1. The molecule has 5 nitrogen and oxygen atoms in total. The van der Waals surface area contributed by atoms with E-state index >= 15 is 0 Å². The van der Waals surface area contributed by atoms with E-state index < -0.39 is 0 Å². The van der Waals surface area contributed by atoms with E-state index in [0.717, 1.165) is 25.0 Å². The predicted octanol–water partition coefficient (Wildman–Crippen LogP) is 2.06. The Bertz CT molecular complexity index is 484. The lowest BCUT2D eigenvalue weighted by atomic mass is 9.64. The highest BCUT2D eigenvalue weighted by atomic mass is 16.3. The van der Waals surface area contributed by atoms with E-state index in [0.29, 0.717) is 12.5 Å². The molecule has 0 bridgehead atoms. The van der Waals surface area contributed by atoms with Gasteiger partial charge in [0.15, 0.2) is 0 Å². The van der Waals surface area contributed by atoms with Gasteiger partial charge in [-0.3, -0.25) is 4.79 Å². The van der Waals surface area contributed by atoms with E-state index in [-0.39, 0.29) is 30.0 Å². The number of amides is 1. The van der Waals surface area contributed by atoms with Crippen molar-refractivity contribution in [2.24, 2.45) is 11.3 Å². The fourth-order valence-electron chi connectivity index (χ4n) is 3.98. The van der Waals surface area contributed by atoms with E-state index in [1.165, 1.54) is 0 Å². The van der Waals surface area contributed by atoms with Gasteiger partial charge < -0.3 is 20.2 Å². The van der Waals surface area contributed by atoms with E-state index in [1.54, 1.807) is 12.3 Å². The molecule has 1 heterocycles. The molecule has 0 aromatic carbocycles. The van der Waals surface area contributed by atoms with E-state index in [2.05, 4.69) is 31.4 Å². The molecule has 22 heavy (non-hydrogen) atoms. The molecule has 1 aromatic heterocycles. The Morgan fingerprint density at radius 2 is 2.23 bits per heavy atom. The summed E-state index contributed by atoms with van der Waals surface area (Å²) in [4.78, 5) is 12.0. The topological polar surface area (TPSA) is 74.5 Å². The highest BCUT2D eigenvalue weighted by molar-refractivity contribution is 5.78. The second-order valence-electron chi connectivity index (χ2n) is 7.50. The molecule has 1 aliphatic carbocycles. The van der Waals surface area contributed by atoms with Crippen LogP contribution in [0.25, 0.3) is 0 Å². The quantitative estimate of drug-likeness (QED) is 0.752. The maximum Gasteiger partial charge on any atom is 0.234 e. The fourth-order valence-corrected chi connectivity index (χ4v) is 3.98. The van der Waals surface area contributed by atoms with Gasteiger partial charge in [-0.15, -0.1) is 0 Å². The van der Waals surface area contributed by atoms with Gasteiger partial charge in [0.1, 0.15) is 5.76 Å². The average molecular weight is 308 g/mol. The highest BCUT2D eigenvalue weighted by Gasteiger charge is 2.42. The van der Waals surface area contributed by atoms with Crippen molar-refractivity contribution in [2.75, 3.05) is 13.2 Å². The molecule has 1 aromatic rings. The largest absolute Gasteiger partial charge is 0.467 e. The molecular weight excluding hydrogens is 280 g/mol. The van der Waals surface area contributed by atoms with Gasteiger partial charge in [-0.2, -0.15) is 0 Å². The van der Waals surface area contributed by atoms with Gasteiger partial charge in [0, 0.05) is 5.54 Å². The lowest BCUT2D eigenvalue weighted by molar-refractivity contribution is -0.121. The van der Waals surface area contributed by atoms with E-state index in [9.17, 15) is 9.90 Å². The zero-order valence-electron chi connectivity index (χ0n) is 13.8. The van der Waals surface area contributed by atoms with Crippen molar-refractivity contribution in [3.8, 4) is 0 Å². The lowest BCUT2D eigenvalue weighted by Crippen LogP contribution is -2.57. The monoisotopic (exact) mass is 308 g/mol. The number of carbonyl (C=O) groups is 1. The van der Waals surface area contributed by atoms with Crippen LogP contribution in [0.15, 0.2) is 22.8 Å². The second kappa shape index (κ2) is 6.84. The van der Waals surface area contributed by atoms with Crippen LogP contribution in [-0.4, -0.2) is 29.7 Å². The van der Waals surface area contributed by atoms with Crippen LogP contribution in [-0.2, 0) is 11.3 Å². The summed E-state index contributed by atoms with van der Waals surface area (Å²) in [5, 5.41) is 16.0. The van der Waals surface area contributed by atoms with Crippen LogP contribution in [0.2, 0.25) is 0 Å². The number of hydrogen-bond donors (Lipinski definition) is 3. The minimum atomic E-state index is -0.358. The Morgan fingerprint density at radius 1 is 1.45 bits per heavy atom. The van der Waals surface area contributed by atoms with Crippen LogP contribution in [0.4, 0.5) is 0 Å². The third-order valence-electron chi connectivity index (χ3n) is 4.42. The zero-order chi connectivity index (χ0) is 16.2. The highest BCUT2D eigenvalue weighted by Crippen LogP contribution is 2.43. The van der Waals surface area contributed by atoms with Gasteiger partial charge in [-0.05, 0) is 42.7 Å². The van der Waals surface area contributed by atoms with Crippen molar-refractivity contribution < 1.29 is 14.3 Å². The van der Waals surface area contributed by atoms with Gasteiger partial charge in [0.25, 0.3) is 0 Å². The van der Waals surface area contributed by atoms with Crippen molar-refractivity contribution in [3.05, 3.63) is 24.2 Å². The summed E-state index contributed by atoms with van der Waals surface area (Å²) >= 11 is 0. The maximum atomic E-state index is 12.0. The number of nitrogens with one attached hydrogen (secondary N) is 2. The molecule has 1 saturated carbocycles. The molecule has 1 fully saturated rings. The van der Waals surface area contributed by atoms with Crippen molar-refractivity contribution in [3.63, 3.8) is 0 Å². The van der Waals surface area contributed by atoms with E-state index in [1.807, 2.05) is 6.07 Å². The second-order valence-corrected chi connectivity index (χ2v) is 7.50. The Balaban J connectivity index is 1.86. The molecule has 0 radical (unpaired) electrons. The third-order valence-corrected chi connectivity index (χ3v) is 4.42. The molecule has 1 aliphatic rings. The molecule has 1 amide bonds. The van der Waals surface area contributed by atoms with Crippen LogP contribution in [0.5, 0.6) is 0 Å². The Hall–Kier alpha value is -1.33. The summed E-state index contributed by atoms with van der Waals surface area (Å²) in [7, 11) is 0. The summed E-state index contributed by atoms with van der Waals surface area (Å²) in [6.45, 7) is 7.33. The molecule has 0 aliphatic heterocycles. The van der Waals surface area contributed by atoms with E-state index in [4.69, 9.17) is 4.42 Å². The summed E-state index contributed by atoms with van der Waals surface area (Å²) in [6, 6.07) is 3.63. The average Bonchev–Trinajstić information content (AvgIpc) is 2.94. The summed E-state index contributed by atoms with van der Waals surface area (Å²) in [5.74, 6) is 1.19. The molecular formula is C17H28N2O3. The van der Waals surface area contributed by atoms with Crippen molar-refractivity contribution in [1.82, 2.24) is 10.6 Å². The summed E-state index contributed by atoms with van der Waals surface area (Å²) < 4.78 is 5.19. The Labute approximate surface area is 132 Å². The van der Waals surface area contributed by atoms with Crippen molar-refractivity contribution in [1.29, 1.82) is 0 Å². The zero-order valence-corrected chi connectivity index (χ0v) is 13.8. The molecule has 2 unspecified atom stereocenters. The van der Waals surface area contributed by atoms with Gasteiger partial charge in [0.2, 0.25) is 5.91 Å². The smallest absolute Gasteiger partial charge is 0.234 e. The van der Waals surface area contributed by atoms with Gasteiger partial charge >= 0.3 is 0 Å². The predicted molar refractivity (Wildman–Crippen MR) is 85.2 cm³/mol. The van der Waals surface area contributed by atoms with Crippen molar-refractivity contribution >= 4 is 5.91 Å². The van der Waals surface area contributed by atoms with Crippen LogP contribution in [0.1, 0.15) is 45.8 Å². The molecule has 2 atom stereocenters. The van der Waals surface area contributed by atoms with Crippen LogP contribution >= 0.6 is 0 Å². The molecule has 5 heteroatoms. The minimum absolute atomic E-state index is 0.0617. The summed E-state index contributed by atoms with van der Waals surface area (Å²) in [6.07, 6.45) is 4.53. The molecule has 124 valence electrons. The first-order valence-corrected chi connectivity index (χ1v) is 7.99.